The van der Waals surface area contributed by atoms with Crippen molar-refractivity contribution in [2.24, 2.45) is 0 Å². The first kappa shape index (κ1) is 15.8. The number of ether oxygens (including phenoxy) is 1. The van der Waals surface area contributed by atoms with E-state index >= 15 is 0 Å². The van der Waals surface area contributed by atoms with Gasteiger partial charge in [-0.25, -0.2) is 4.98 Å². The highest BCUT2D eigenvalue weighted by atomic mass is 19.4. The normalized spacial score (nSPS) is 11.3. The number of halogens is 3. The number of anilines is 1. The topological polar surface area (TPSA) is 51.2 Å². The summed E-state index contributed by atoms with van der Waals surface area (Å²) in [4.78, 5) is 16.5. The van der Waals surface area contributed by atoms with Crippen LogP contribution in [0.1, 0.15) is 10.5 Å². The van der Waals surface area contributed by atoms with Crippen molar-refractivity contribution in [1.29, 1.82) is 0 Å². The van der Waals surface area contributed by atoms with Gasteiger partial charge in [0.15, 0.2) is 5.75 Å². The number of carbonyl (C=O) groups is 1. The molecule has 3 rings (SSSR count). The molecule has 0 saturated heterocycles. The number of nitrogens with one attached hydrogen (secondary N) is 1. The van der Waals surface area contributed by atoms with E-state index in [1.54, 1.807) is 18.2 Å². The molecule has 1 amide bonds. The fraction of sp³-hybridized carbons (Fsp3) is 0.0588. The highest BCUT2D eigenvalue weighted by Gasteiger charge is 2.32. The first-order valence-corrected chi connectivity index (χ1v) is 6.94. The molecule has 2 aromatic carbocycles. The Kier molecular flexibility index (Phi) is 4.07. The molecular formula is C17H11F3N2O2. The molecule has 0 radical (unpaired) electrons. The minimum atomic E-state index is -4.85. The van der Waals surface area contributed by atoms with E-state index < -0.39 is 18.0 Å². The molecule has 24 heavy (non-hydrogen) atoms. The number of nitrogens with zero attached hydrogens (tertiary/aromatic N) is 1. The van der Waals surface area contributed by atoms with Crippen molar-refractivity contribution in [3.63, 3.8) is 0 Å². The first-order valence-electron chi connectivity index (χ1n) is 6.94. The monoisotopic (exact) mass is 332 g/mol. The minimum absolute atomic E-state index is 0.0882. The molecule has 7 heteroatoms. The van der Waals surface area contributed by atoms with Gasteiger partial charge in [-0.05, 0) is 24.3 Å². The van der Waals surface area contributed by atoms with Gasteiger partial charge >= 0.3 is 6.36 Å². The summed E-state index contributed by atoms with van der Waals surface area (Å²) in [6.07, 6.45) is -4.85. The molecule has 4 nitrogen and oxygen atoms in total. The highest BCUT2D eigenvalue weighted by molar-refractivity contribution is 6.04. The van der Waals surface area contributed by atoms with Crippen molar-refractivity contribution in [2.45, 2.75) is 6.36 Å². The van der Waals surface area contributed by atoms with Gasteiger partial charge in [-0.2, -0.15) is 0 Å². The molecule has 0 unspecified atom stereocenters. The zero-order valence-corrected chi connectivity index (χ0v) is 12.2. The molecule has 0 aliphatic rings. The summed E-state index contributed by atoms with van der Waals surface area (Å²) in [5, 5.41) is 3.24. The van der Waals surface area contributed by atoms with Crippen LogP contribution in [0.3, 0.4) is 0 Å². The second-order valence-electron chi connectivity index (χ2n) is 4.89. The van der Waals surface area contributed by atoms with E-state index in [4.69, 9.17) is 0 Å². The molecule has 1 heterocycles. The lowest BCUT2D eigenvalue weighted by Gasteiger charge is -2.13. The summed E-state index contributed by atoms with van der Waals surface area (Å²) in [7, 11) is 0. The number of aromatic nitrogens is 1. The van der Waals surface area contributed by atoms with Crippen LogP contribution in [0.25, 0.3) is 10.9 Å². The van der Waals surface area contributed by atoms with Gasteiger partial charge in [0.05, 0.1) is 11.2 Å². The number of amides is 1. The Labute approximate surface area is 134 Å². The van der Waals surface area contributed by atoms with E-state index in [-0.39, 0.29) is 11.4 Å². The van der Waals surface area contributed by atoms with Crippen molar-refractivity contribution in [2.75, 3.05) is 5.32 Å². The highest BCUT2D eigenvalue weighted by Crippen LogP contribution is 2.30. The van der Waals surface area contributed by atoms with E-state index in [1.807, 2.05) is 12.1 Å². The van der Waals surface area contributed by atoms with Crippen LogP contribution in [0.5, 0.6) is 5.75 Å². The smallest absolute Gasteiger partial charge is 0.404 e. The number of para-hydroxylation sites is 3. The minimum Gasteiger partial charge on any atom is -0.404 e. The Morgan fingerprint density at radius 1 is 0.958 bits per heavy atom. The second kappa shape index (κ2) is 6.19. The summed E-state index contributed by atoms with van der Waals surface area (Å²) in [5.74, 6) is -1.11. The van der Waals surface area contributed by atoms with Gasteiger partial charge in [0.1, 0.15) is 5.69 Å². The van der Waals surface area contributed by atoms with Crippen molar-refractivity contribution < 1.29 is 22.7 Å². The SMILES string of the molecule is O=C(Nc1ccccc1OC(F)(F)F)c1ccc2ccccc2n1. The maximum absolute atomic E-state index is 12.4. The van der Waals surface area contributed by atoms with Crippen molar-refractivity contribution in [1.82, 2.24) is 4.98 Å². The lowest BCUT2D eigenvalue weighted by molar-refractivity contribution is -0.274. The maximum atomic E-state index is 12.4. The number of alkyl halides is 3. The molecule has 0 spiro atoms. The van der Waals surface area contributed by atoms with Crippen LogP contribution in [-0.4, -0.2) is 17.3 Å². The Hall–Kier alpha value is -3.09. The fourth-order valence-electron chi connectivity index (χ4n) is 2.16. The lowest BCUT2D eigenvalue weighted by Crippen LogP contribution is -2.20. The molecule has 0 atom stereocenters. The Balaban J connectivity index is 1.86. The molecule has 1 N–H and O–H groups in total. The summed E-state index contributed by atoms with van der Waals surface area (Å²) in [6, 6.07) is 15.7. The Morgan fingerprint density at radius 2 is 1.67 bits per heavy atom. The molecule has 0 aliphatic heterocycles. The van der Waals surface area contributed by atoms with E-state index in [1.165, 1.54) is 24.3 Å². The predicted molar refractivity (Wildman–Crippen MR) is 82.8 cm³/mol. The predicted octanol–water partition coefficient (Wildman–Crippen LogP) is 4.39. The number of rotatable bonds is 3. The van der Waals surface area contributed by atoms with Crippen LogP contribution in [0.2, 0.25) is 0 Å². The van der Waals surface area contributed by atoms with E-state index in [9.17, 15) is 18.0 Å². The van der Waals surface area contributed by atoms with Crippen LogP contribution >= 0.6 is 0 Å². The number of hydrogen-bond acceptors (Lipinski definition) is 3. The number of benzene rings is 2. The van der Waals surface area contributed by atoms with Crippen molar-refractivity contribution >= 4 is 22.5 Å². The molecule has 3 aromatic rings. The average Bonchev–Trinajstić information content (AvgIpc) is 2.55. The van der Waals surface area contributed by atoms with Crippen molar-refractivity contribution in [3.05, 3.63) is 66.4 Å². The third-order valence-electron chi connectivity index (χ3n) is 3.19. The van der Waals surface area contributed by atoms with Gasteiger partial charge in [-0.1, -0.05) is 36.4 Å². The van der Waals surface area contributed by atoms with Gasteiger partial charge in [0, 0.05) is 5.39 Å². The van der Waals surface area contributed by atoms with Crippen LogP contribution in [0.15, 0.2) is 60.7 Å². The fourth-order valence-corrected chi connectivity index (χ4v) is 2.16. The summed E-state index contributed by atoms with van der Waals surface area (Å²) < 4.78 is 41.1. The maximum Gasteiger partial charge on any atom is 0.573 e. The Morgan fingerprint density at radius 3 is 2.46 bits per heavy atom. The quantitative estimate of drug-likeness (QED) is 0.774. The Bertz CT molecular complexity index is 894. The second-order valence-corrected chi connectivity index (χ2v) is 4.89. The standard InChI is InChI=1S/C17H11F3N2O2/c18-17(19,20)24-15-8-4-3-7-13(15)22-16(23)14-10-9-11-5-1-2-6-12(11)21-14/h1-10H,(H,22,23). The lowest BCUT2D eigenvalue weighted by atomic mass is 10.2. The zero-order valence-electron chi connectivity index (χ0n) is 12.2. The van der Waals surface area contributed by atoms with Crippen LogP contribution in [0.4, 0.5) is 18.9 Å². The molecule has 0 bridgehead atoms. The van der Waals surface area contributed by atoms with Gasteiger partial charge in [0.25, 0.3) is 5.91 Å². The van der Waals surface area contributed by atoms with Crippen LogP contribution in [0, 0.1) is 0 Å². The van der Waals surface area contributed by atoms with E-state index in [0.29, 0.717) is 5.52 Å². The number of fused-ring (bicyclic) bond motifs is 1. The molecule has 0 fully saturated rings. The first-order chi connectivity index (χ1) is 11.4. The summed E-state index contributed by atoms with van der Waals surface area (Å²) in [5.41, 5.74) is 0.621. The third kappa shape index (κ3) is 3.62. The van der Waals surface area contributed by atoms with Gasteiger partial charge in [-0.3, -0.25) is 4.79 Å². The molecule has 0 saturated carbocycles. The number of hydrogen-bond donors (Lipinski definition) is 1. The molecule has 122 valence electrons. The van der Waals surface area contributed by atoms with Crippen molar-refractivity contribution in [3.8, 4) is 5.75 Å². The van der Waals surface area contributed by atoms with Gasteiger partial charge in [-0.15, -0.1) is 13.2 Å². The van der Waals surface area contributed by atoms with Crippen LogP contribution in [-0.2, 0) is 0 Å². The van der Waals surface area contributed by atoms with Gasteiger partial charge in [0.2, 0.25) is 0 Å². The third-order valence-corrected chi connectivity index (χ3v) is 3.19. The largest absolute Gasteiger partial charge is 0.573 e. The molecule has 0 aliphatic carbocycles. The average molecular weight is 332 g/mol. The zero-order chi connectivity index (χ0) is 17.2. The van der Waals surface area contributed by atoms with Gasteiger partial charge < -0.3 is 10.1 Å². The van der Waals surface area contributed by atoms with Crippen LogP contribution < -0.4 is 10.1 Å². The number of carbonyl (C=O) groups excluding carboxylic acids is 1. The molecular weight excluding hydrogens is 321 g/mol. The number of pyridine rings is 1. The van der Waals surface area contributed by atoms with E-state index in [2.05, 4.69) is 15.0 Å². The van der Waals surface area contributed by atoms with E-state index in [0.717, 1.165) is 11.5 Å². The summed E-state index contributed by atoms with van der Waals surface area (Å²) in [6.45, 7) is 0. The summed E-state index contributed by atoms with van der Waals surface area (Å²) >= 11 is 0. The molecule has 1 aromatic heterocycles.